The van der Waals surface area contributed by atoms with E-state index in [1.54, 1.807) is 55.5 Å². The first-order valence-corrected chi connectivity index (χ1v) is 12.5. The van der Waals surface area contributed by atoms with Gasteiger partial charge in [0.15, 0.2) is 5.78 Å². The average Bonchev–Trinajstić information content (AvgIpc) is 2.90. The van der Waals surface area contributed by atoms with E-state index in [4.69, 9.17) is 21.1 Å². The smallest absolute Gasteiger partial charge is 0.422 e. The van der Waals surface area contributed by atoms with Gasteiger partial charge in [-0.3, -0.25) is 4.79 Å². The van der Waals surface area contributed by atoms with E-state index >= 15 is 0 Å². The first-order valence-electron chi connectivity index (χ1n) is 12.1. The molecule has 4 aromatic carbocycles. The van der Waals surface area contributed by atoms with Crippen molar-refractivity contribution < 1.29 is 28.2 Å². The fourth-order valence-corrected chi connectivity index (χ4v) is 4.28. The Kier molecular flexibility index (Phi) is 8.42. The number of nitrogens with zero attached hydrogens (tertiary/aromatic N) is 1. The maximum absolute atomic E-state index is 13.9. The summed E-state index contributed by atoms with van der Waals surface area (Å²) in [5, 5.41) is 0.113. The molecule has 198 valence electrons. The highest BCUT2D eigenvalue weighted by Crippen LogP contribution is 2.34. The summed E-state index contributed by atoms with van der Waals surface area (Å²) in [6.45, 7) is 4.87. The first-order chi connectivity index (χ1) is 18.7. The van der Waals surface area contributed by atoms with Gasteiger partial charge in [0.1, 0.15) is 5.82 Å². The first kappa shape index (κ1) is 27.5. The maximum atomic E-state index is 13.9. The van der Waals surface area contributed by atoms with Crippen LogP contribution in [-0.2, 0) is 9.47 Å². The van der Waals surface area contributed by atoms with Gasteiger partial charge in [-0.25, -0.2) is 18.9 Å². The molecule has 1 atom stereocenters. The third kappa shape index (κ3) is 6.33. The number of hydrogen-bond acceptors (Lipinski definition) is 5. The molecule has 1 amide bonds. The van der Waals surface area contributed by atoms with E-state index in [2.05, 4.69) is 0 Å². The summed E-state index contributed by atoms with van der Waals surface area (Å²) in [5.74, 6) is -1.41. The molecule has 0 aliphatic rings. The Bertz CT molecular complexity index is 1540. The van der Waals surface area contributed by atoms with Gasteiger partial charge < -0.3 is 9.47 Å². The molecule has 0 aromatic heterocycles. The van der Waals surface area contributed by atoms with Crippen LogP contribution >= 0.6 is 11.6 Å². The van der Waals surface area contributed by atoms with Gasteiger partial charge in [0, 0.05) is 18.1 Å². The van der Waals surface area contributed by atoms with Gasteiger partial charge in [-0.05, 0) is 73.5 Å². The van der Waals surface area contributed by atoms with Gasteiger partial charge in [-0.2, -0.15) is 0 Å². The number of benzene rings is 4. The van der Waals surface area contributed by atoms with Crippen molar-refractivity contribution in [3.8, 4) is 0 Å². The Labute approximate surface area is 230 Å². The summed E-state index contributed by atoms with van der Waals surface area (Å²) < 4.78 is 24.6. The summed E-state index contributed by atoms with van der Waals surface area (Å²) >= 11 is 6.54. The summed E-state index contributed by atoms with van der Waals surface area (Å²) in [7, 11) is 0. The molecule has 0 spiro atoms. The number of halogens is 2. The number of rotatable bonds is 7. The molecular formula is C31H25ClFNO5. The minimum Gasteiger partial charge on any atom is -0.422 e. The monoisotopic (exact) mass is 545 g/mol. The zero-order valence-electron chi connectivity index (χ0n) is 21.5. The van der Waals surface area contributed by atoms with E-state index in [1.807, 2.05) is 19.1 Å². The molecule has 1 unspecified atom stereocenters. The lowest BCUT2D eigenvalue weighted by Crippen LogP contribution is -2.32. The van der Waals surface area contributed by atoms with Crippen molar-refractivity contribution in [1.82, 2.24) is 0 Å². The SMILES string of the molecule is Cc1ccccc1C(=O)c1ccc(N(C(=O)OC(C)OC(=O)c2ccccc2)c2ccc(F)cc2C)cc1Cl. The summed E-state index contributed by atoms with van der Waals surface area (Å²) in [5.41, 5.74) is 2.88. The average molecular weight is 546 g/mol. The van der Waals surface area contributed by atoms with Gasteiger partial charge in [0.25, 0.3) is 0 Å². The Morgan fingerprint density at radius 1 is 0.795 bits per heavy atom. The standard InChI is InChI=1S/C31H25ClFNO5/c1-19-9-7-8-12-25(19)29(35)26-15-14-24(18-27(26)32)34(28-16-13-23(33)17-20(28)2)31(37)39-21(3)38-30(36)22-10-5-4-6-11-22/h4-18,21H,1-3H3. The molecular weight excluding hydrogens is 521 g/mol. The molecule has 0 N–H and O–H groups in total. The molecule has 0 aliphatic heterocycles. The third-order valence-corrected chi connectivity index (χ3v) is 6.29. The highest BCUT2D eigenvalue weighted by molar-refractivity contribution is 6.35. The molecule has 0 aliphatic carbocycles. The lowest BCUT2D eigenvalue weighted by atomic mass is 9.99. The van der Waals surface area contributed by atoms with Gasteiger partial charge in [0.2, 0.25) is 6.29 Å². The highest BCUT2D eigenvalue weighted by atomic mass is 35.5. The van der Waals surface area contributed by atoms with Crippen molar-refractivity contribution in [1.29, 1.82) is 0 Å². The second-order valence-electron chi connectivity index (χ2n) is 8.80. The highest BCUT2D eigenvalue weighted by Gasteiger charge is 2.26. The molecule has 0 fully saturated rings. The summed E-state index contributed by atoms with van der Waals surface area (Å²) in [4.78, 5) is 40.1. The minimum absolute atomic E-state index is 0.113. The zero-order chi connectivity index (χ0) is 28.1. The van der Waals surface area contributed by atoms with E-state index in [0.717, 1.165) is 5.56 Å². The number of ketones is 1. The molecule has 0 heterocycles. The zero-order valence-corrected chi connectivity index (χ0v) is 22.2. The lowest BCUT2D eigenvalue weighted by molar-refractivity contribution is -0.0575. The van der Waals surface area contributed by atoms with Gasteiger partial charge in [-0.1, -0.05) is 54.1 Å². The summed E-state index contributed by atoms with van der Waals surface area (Å²) in [6.07, 6.45) is -2.14. The molecule has 4 aromatic rings. The van der Waals surface area contributed by atoms with Crippen LogP contribution in [0.1, 0.15) is 44.3 Å². The molecule has 39 heavy (non-hydrogen) atoms. The third-order valence-electron chi connectivity index (χ3n) is 5.98. The summed E-state index contributed by atoms with van der Waals surface area (Å²) in [6, 6.07) is 23.8. The quantitative estimate of drug-likeness (QED) is 0.134. The van der Waals surface area contributed by atoms with Crippen LogP contribution in [0.5, 0.6) is 0 Å². The molecule has 0 radical (unpaired) electrons. The van der Waals surface area contributed by atoms with Crippen LogP contribution in [0.2, 0.25) is 5.02 Å². The molecule has 6 nitrogen and oxygen atoms in total. The maximum Gasteiger partial charge on any atom is 0.422 e. The van der Waals surface area contributed by atoms with Crippen LogP contribution in [0.4, 0.5) is 20.6 Å². The molecule has 4 rings (SSSR count). The Morgan fingerprint density at radius 3 is 2.15 bits per heavy atom. The van der Waals surface area contributed by atoms with Crippen LogP contribution in [0.15, 0.2) is 91.0 Å². The van der Waals surface area contributed by atoms with Gasteiger partial charge in [0.05, 0.1) is 22.0 Å². The van der Waals surface area contributed by atoms with E-state index in [-0.39, 0.29) is 22.1 Å². The predicted molar refractivity (Wildman–Crippen MR) is 147 cm³/mol. The van der Waals surface area contributed by atoms with Crippen molar-refractivity contribution in [3.05, 3.63) is 130 Å². The minimum atomic E-state index is -1.24. The molecule has 8 heteroatoms. The number of carbonyl (C=O) groups excluding carboxylic acids is 3. The fraction of sp³-hybridized carbons (Fsp3) is 0.129. The topological polar surface area (TPSA) is 72.9 Å². The number of amides is 1. The van der Waals surface area contributed by atoms with E-state index < -0.39 is 24.2 Å². The molecule has 0 saturated heterocycles. The van der Waals surface area contributed by atoms with Crippen LogP contribution < -0.4 is 4.90 Å². The van der Waals surface area contributed by atoms with E-state index in [9.17, 15) is 18.8 Å². The van der Waals surface area contributed by atoms with Crippen LogP contribution in [0, 0.1) is 19.7 Å². The van der Waals surface area contributed by atoms with Gasteiger partial charge >= 0.3 is 12.1 Å². The van der Waals surface area contributed by atoms with Crippen LogP contribution in [-0.4, -0.2) is 24.1 Å². The van der Waals surface area contributed by atoms with E-state index in [1.165, 1.54) is 42.2 Å². The van der Waals surface area contributed by atoms with Crippen molar-refractivity contribution in [2.45, 2.75) is 27.1 Å². The number of aryl methyl sites for hydroxylation is 2. The lowest BCUT2D eigenvalue weighted by Gasteiger charge is -2.26. The second kappa shape index (κ2) is 11.9. The predicted octanol–water partition coefficient (Wildman–Crippen LogP) is 7.80. The number of ether oxygens (including phenoxy) is 2. The number of anilines is 2. The molecule has 0 saturated carbocycles. The largest absolute Gasteiger partial charge is 0.422 e. The van der Waals surface area contributed by atoms with Crippen LogP contribution in [0.25, 0.3) is 0 Å². The Hall–Kier alpha value is -4.49. The Balaban J connectivity index is 1.64. The second-order valence-corrected chi connectivity index (χ2v) is 9.20. The molecule has 0 bridgehead atoms. The van der Waals surface area contributed by atoms with Crippen molar-refractivity contribution >= 4 is 40.8 Å². The van der Waals surface area contributed by atoms with Gasteiger partial charge in [-0.15, -0.1) is 0 Å². The fourth-order valence-electron chi connectivity index (χ4n) is 4.02. The van der Waals surface area contributed by atoms with Crippen molar-refractivity contribution in [2.75, 3.05) is 4.90 Å². The normalized spacial score (nSPS) is 11.4. The Morgan fingerprint density at radius 2 is 1.49 bits per heavy atom. The number of esters is 1. The van der Waals surface area contributed by atoms with Crippen molar-refractivity contribution in [3.63, 3.8) is 0 Å². The van der Waals surface area contributed by atoms with Crippen molar-refractivity contribution in [2.24, 2.45) is 0 Å². The van der Waals surface area contributed by atoms with E-state index in [0.29, 0.717) is 22.4 Å². The number of carbonyl (C=O) groups is 3. The number of hydrogen-bond donors (Lipinski definition) is 0. The van der Waals surface area contributed by atoms with Crippen LogP contribution in [0.3, 0.4) is 0 Å².